The number of carbonyl (C=O) groups excluding carboxylic acids is 2. The van der Waals surface area contributed by atoms with E-state index in [4.69, 9.17) is 0 Å². The minimum atomic E-state index is -0.375. The molecule has 0 saturated carbocycles. The largest absolute Gasteiger partial charge is 0.355 e. The summed E-state index contributed by atoms with van der Waals surface area (Å²) in [4.78, 5) is 26.4. The fraction of sp³-hybridized carbons (Fsp3) is 0.263. The zero-order valence-electron chi connectivity index (χ0n) is 14.0. The molecule has 2 amide bonds. The number of nitrogens with one attached hydrogen (secondary N) is 2. The first-order valence-electron chi connectivity index (χ1n) is 8.14. The van der Waals surface area contributed by atoms with E-state index in [1.807, 2.05) is 24.3 Å². The molecule has 0 fully saturated rings. The van der Waals surface area contributed by atoms with Crippen molar-refractivity contribution in [2.45, 2.75) is 28.4 Å². The van der Waals surface area contributed by atoms with Gasteiger partial charge in [0.2, 0.25) is 11.8 Å². The zero-order chi connectivity index (χ0) is 17.6. The van der Waals surface area contributed by atoms with Gasteiger partial charge >= 0.3 is 0 Å². The van der Waals surface area contributed by atoms with Crippen LogP contribution in [0.5, 0.6) is 0 Å². The molecule has 4 nitrogen and oxygen atoms in total. The quantitative estimate of drug-likeness (QED) is 0.600. The standard InChI is InChI=1S/C19H20N2O2S2/c1-13-6-8-14(9-7-13)24-11-10-20-18(22)12-17-19(23)21-15-4-2-3-5-16(15)25-17/h2-9,17H,10-12H2,1H3,(H,20,22)(H,21,23)/t17-/m1/s1. The van der Waals surface area contributed by atoms with E-state index in [1.54, 1.807) is 11.8 Å². The average molecular weight is 373 g/mol. The lowest BCUT2D eigenvalue weighted by molar-refractivity contribution is -0.123. The van der Waals surface area contributed by atoms with Gasteiger partial charge in [-0.25, -0.2) is 0 Å². The molecule has 1 atom stereocenters. The highest BCUT2D eigenvalue weighted by Crippen LogP contribution is 2.36. The van der Waals surface area contributed by atoms with Crippen LogP contribution in [0.25, 0.3) is 0 Å². The molecule has 1 heterocycles. The van der Waals surface area contributed by atoms with Crippen molar-refractivity contribution in [3.8, 4) is 0 Å². The first kappa shape index (κ1) is 17.9. The Kier molecular flexibility index (Phi) is 6.04. The van der Waals surface area contributed by atoms with Crippen LogP contribution >= 0.6 is 23.5 Å². The highest BCUT2D eigenvalue weighted by atomic mass is 32.2. The Balaban J connectivity index is 1.42. The van der Waals surface area contributed by atoms with Gasteiger partial charge in [0.25, 0.3) is 0 Å². The van der Waals surface area contributed by atoms with Gasteiger partial charge in [0, 0.05) is 28.5 Å². The van der Waals surface area contributed by atoms with Crippen molar-refractivity contribution in [3.05, 3.63) is 54.1 Å². The number of carbonyl (C=O) groups is 2. The molecule has 25 heavy (non-hydrogen) atoms. The number of benzene rings is 2. The number of amides is 2. The van der Waals surface area contributed by atoms with Crippen LogP contribution in [0.2, 0.25) is 0 Å². The van der Waals surface area contributed by atoms with Crippen molar-refractivity contribution in [3.63, 3.8) is 0 Å². The Morgan fingerprint density at radius 2 is 1.96 bits per heavy atom. The molecule has 3 rings (SSSR count). The summed E-state index contributed by atoms with van der Waals surface area (Å²) in [6, 6.07) is 16.0. The normalized spacial score (nSPS) is 16.0. The van der Waals surface area contributed by atoms with E-state index >= 15 is 0 Å². The van der Waals surface area contributed by atoms with Gasteiger partial charge in [-0.1, -0.05) is 29.8 Å². The summed E-state index contributed by atoms with van der Waals surface area (Å²) in [6.07, 6.45) is 0.194. The molecule has 2 N–H and O–H groups in total. The lowest BCUT2D eigenvalue weighted by atomic mass is 10.2. The van der Waals surface area contributed by atoms with Crippen LogP contribution in [0.3, 0.4) is 0 Å². The Hall–Kier alpha value is -1.92. The SMILES string of the molecule is Cc1ccc(SCCNC(=O)C[C@H]2Sc3ccccc3NC2=O)cc1. The van der Waals surface area contributed by atoms with Crippen LogP contribution in [0.4, 0.5) is 5.69 Å². The van der Waals surface area contributed by atoms with Gasteiger partial charge in [-0.05, 0) is 31.2 Å². The van der Waals surface area contributed by atoms with Crippen LogP contribution in [-0.2, 0) is 9.59 Å². The number of rotatable bonds is 6. The third kappa shape index (κ3) is 5.03. The van der Waals surface area contributed by atoms with Crippen LogP contribution in [0, 0.1) is 6.92 Å². The van der Waals surface area contributed by atoms with Crippen LogP contribution < -0.4 is 10.6 Å². The number of hydrogen-bond acceptors (Lipinski definition) is 4. The van der Waals surface area contributed by atoms with Crippen molar-refractivity contribution in [1.29, 1.82) is 0 Å². The van der Waals surface area contributed by atoms with E-state index in [1.165, 1.54) is 22.2 Å². The molecule has 1 aliphatic rings. The number of thioether (sulfide) groups is 2. The second-order valence-electron chi connectivity index (χ2n) is 5.81. The number of anilines is 1. The molecule has 2 aromatic carbocycles. The van der Waals surface area contributed by atoms with Gasteiger partial charge in [0.15, 0.2) is 0 Å². The maximum Gasteiger partial charge on any atom is 0.238 e. The maximum atomic E-state index is 12.1. The third-order valence-electron chi connectivity index (χ3n) is 3.79. The van der Waals surface area contributed by atoms with Crippen molar-refractivity contribution in [1.82, 2.24) is 5.32 Å². The highest BCUT2D eigenvalue weighted by molar-refractivity contribution is 8.01. The van der Waals surface area contributed by atoms with E-state index in [0.29, 0.717) is 6.54 Å². The molecular weight excluding hydrogens is 352 g/mol. The molecule has 0 bridgehead atoms. The number of hydrogen-bond donors (Lipinski definition) is 2. The number of fused-ring (bicyclic) bond motifs is 1. The summed E-state index contributed by atoms with van der Waals surface area (Å²) in [5, 5.41) is 5.39. The molecule has 130 valence electrons. The predicted octanol–water partition coefficient (Wildman–Crippen LogP) is 3.71. The summed E-state index contributed by atoms with van der Waals surface area (Å²) in [5.74, 6) is 0.617. The fourth-order valence-electron chi connectivity index (χ4n) is 2.46. The van der Waals surface area contributed by atoms with Crippen molar-refractivity contribution in [2.75, 3.05) is 17.6 Å². The maximum absolute atomic E-state index is 12.1. The lowest BCUT2D eigenvalue weighted by Gasteiger charge is -2.23. The molecule has 0 saturated heterocycles. The van der Waals surface area contributed by atoms with E-state index < -0.39 is 0 Å². The smallest absolute Gasteiger partial charge is 0.238 e. The average Bonchev–Trinajstić information content (AvgIpc) is 2.61. The third-order valence-corrected chi connectivity index (χ3v) is 6.08. The minimum absolute atomic E-state index is 0.0865. The summed E-state index contributed by atoms with van der Waals surface area (Å²) in [6.45, 7) is 2.65. The summed E-state index contributed by atoms with van der Waals surface area (Å²) in [5.41, 5.74) is 2.06. The van der Waals surface area contributed by atoms with Gasteiger partial charge in [-0.2, -0.15) is 0 Å². The Morgan fingerprint density at radius 1 is 1.20 bits per heavy atom. The Morgan fingerprint density at radius 3 is 2.76 bits per heavy atom. The second-order valence-corrected chi connectivity index (χ2v) is 8.22. The van der Waals surface area contributed by atoms with Crippen LogP contribution in [0.15, 0.2) is 58.3 Å². The van der Waals surface area contributed by atoms with E-state index in [-0.39, 0.29) is 23.5 Å². The Bertz CT molecular complexity index is 762. The fourth-order valence-corrected chi connectivity index (χ4v) is 4.34. The molecule has 1 aliphatic heterocycles. The monoisotopic (exact) mass is 372 g/mol. The topological polar surface area (TPSA) is 58.2 Å². The molecule has 0 spiro atoms. The second kappa shape index (κ2) is 8.45. The van der Waals surface area contributed by atoms with Gasteiger partial charge in [-0.3, -0.25) is 9.59 Å². The Labute approximate surface area is 156 Å². The lowest BCUT2D eigenvalue weighted by Crippen LogP contribution is -2.35. The van der Waals surface area contributed by atoms with E-state index in [9.17, 15) is 9.59 Å². The van der Waals surface area contributed by atoms with Gasteiger partial charge in [0.05, 0.1) is 10.9 Å². The van der Waals surface area contributed by atoms with Crippen LogP contribution in [0.1, 0.15) is 12.0 Å². The summed E-state index contributed by atoms with van der Waals surface area (Å²) < 4.78 is 0. The zero-order valence-corrected chi connectivity index (χ0v) is 15.6. The van der Waals surface area contributed by atoms with Gasteiger partial charge in [-0.15, -0.1) is 23.5 Å². The molecular formula is C19H20N2O2S2. The van der Waals surface area contributed by atoms with Crippen molar-refractivity contribution in [2.24, 2.45) is 0 Å². The summed E-state index contributed by atoms with van der Waals surface area (Å²) >= 11 is 3.16. The van der Waals surface area contributed by atoms with Gasteiger partial charge < -0.3 is 10.6 Å². The first-order valence-corrected chi connectivity index (χ1v) is 10.0. The molecule has 0 aliphatic carbocycles. The predicted molar refractivity (Wildman–Crippen MR) is 104 cm³/mol. The molecule has 0 unspecified atom stereocenters. The molecule has 0 radical (unpaired) electrons. The number of para-hydroxylation sites is 1. The van der Waals surface area contributed by atoms with Gasteiger partial charge in [0.1, 0.15) is 0 Å². The van der Waals surface area contributed by atoms with E-state index in [0.717, 1.165) is 16.3 Å². The van der Waals surface area contributed by atoms with Crippen LogP contribution in [-0.4, -0.2) is 29.4 Å². The molecule has 2 aromatic rings. The van der Waals surface area contributed by atoms with Crippen molar-refractivity contribution >= 4 is 41.0 Å². The highest BCUT2D eigenvalue weighted by Gasteiger charge is 2.28. The minimum Gasteiger partial charge on any atom is -0.355 e. The number of aryl methyl sites for hydroxylation is 1. The molecule has 0 aromatic heterocycles. The summed E-state index contributed by atoms with van der Waals surface area (Å²) in [7, 11) is 0. The van der Waals surface area contributed by atoms with Crippen molar-refractivity contribution < 1.29 is 9.59 Å². The first-order chi connectivity index (χ1) is 12.1. The van der Waals surface area contributed by atoms with E-state index in [2.05, 4.69) is 41.8 Å². The molecule has 6 heteroatoms.